The van der Waals surface area contributed by atoms with Gasteiger partial charge in [-0.2, -0.15) is 127 Å². The highest BCUT2D eigenvalue weighted by Crippen LogP contribution is 2.84. The highest BCUT2D eigenvalue weighted by Gasteiger charge is 2.67. The van der Waals surface area contributed by atoms with Crippen molar-refractivity contribution >= 4 is 35.3 Å². The van der Waals surface area contributed by atoms with E-state index in [1.807, 2.05) is 54.6 Å². The van der Waals surface area contributed by atoms with Crippen molar-refractivity contribution in [2.75, 3.05) is 6.35 Å². The highest BCUT2D eigenvalue weighted by atomic mass is 31.2. The molecule has 0 saturated heterocycles. The molecule has 0 aromatic heterocycles. The number of hydrogen-bond donors (Lipinski definition) is 0. The zero-order valence-electron chi connectivity index (χ0n) is 50.1. The molecule has 506 valence electrons. The number of rotatable bonds is 7. The maximum Gasteiger partial charge on any atom is 0.416 e. The first kappa shape index (κ1) is 71.0. The molecule has 0 unspecified atom stereocenters. The maximum absolute atomic E-state index is 14.2. The third-order valence-corrected chi connectivity index (χ3v) is 24.4. The fourth-order valence-corrected chi connectivity index (χ4v) is 21.5. The lowest BCUT2D eigenvalue weighted by Gasteiger charge is -2.55. The Labute approximate surface area is 520 Å². The van der Waals surface area contributed by atoms with Crippen LogP contribution in [0.25, 0.3) is 0 Å². The molecule has 10 rings (SSSR count). The SMILES string of the molecule is CC(C)(C)[P+](COC12c3c4cccc3Oc3cccc(c31)Oc1cccc(c12)O4)(C(C)(C)C)C(C)(C)C.FC(F)(F)c1cc([B-](c2cc(C(F)(F)F)cc(C(F)(F)F)c2)(c2cc(C(F)(F)F)cc(C(F)(F)F)c2)c2cc(C(F)(F)F)cc(C(F)(F)F)c2)cc(C(F)(F)F)c1. The topological polar surface area (TPSA) is 36.9 Å². The second kappa shape index (κ2) is 22.4. The first-order chi connectivity index (χ1) is 42.5. The van der Waals surface area contributed by atoms with Crippen molar-refractivity contribution < 1.29 is 124 Å². The van der Waals surface area contributed by atoms with Crippen LogP contribution in [0.2, 0.25) is 0 Å². The van der Waals surface area contributed by atoms with Crippen molar-refractivity contribution in [1.29, 1.82) is 0 Å². The molecule has 0 N–H and O–H groups in total. The fourth-order valence-electron chi connectivity index (χ4n) is 13.9. The molecule has 3 aliphatic heterocycles. The van der Waals surface area contributed by atoms with Gasteiger partial charge in [0.25, 0.3) is 0 Å². The average Bonchev–Trinajstić information content (AvgIpc) is 0.681. The normalized spacial score (nSPS) is 15.3. The number of hydrogen-bond acceptors (Lipinski definition) is 4. The Morgan fingerprint density at radius 3 is 0.617 bits per heavy atom. The molecule has 0 bridgehead atoms. The molecule has 0 spiro atoms. The van der Waals surface area contributed by atoms with E-state index in [9.17, 15) is 105 Å². The van der Waals surface area contributed by atoms with Gasteiger partial charge in [0.1, 0.15) is 40.6 Å². The molecule has 3 aliphatic rings. The summed E-state index contributed by atoms with van der Waals surface area (Å²) >= 11 is 0. The Bertz CT molecular complexity index is 3430. The van der Waals surface area contributed by atoms with Gasteiger partial charge in [0, 0.05) is 0 Å². The Balaban J connectivity index is 0.000000241. The lowest BCUT2D eigenvalue weighted by atomic mass is 9.12. The van der Waals surface area contributed by atoms with E-state index >= 15 is 0 Å². The summed E-state index contributed by atoms with van der Waals surface area (Å²) in [5.41, 5.74) is -28.3. The minimum Gasteiger partial charge on any atom is -0.456 e. The third-order valence-electron chi connectivity index (χ3n) is 17.0. The first-order valence-corrected chi connectivity index (χ1v) is 29.8. The number of ether oxygens (including phenoxy) is 4. The number of halogens is 24. The molecule has 30 heteroatoms. The molecule has 7 aromatic rings. The van der Waals surface area contributed by atoms with Crippen molar-refractivity contribution in [3.8, 4) is 34.5 Å². The Morgan fingerprint density at radius 2 is 0.468 bits per heavy atom. The summed E-state index contributed by atoms with van der Waals surface area (Å²) in [4.78, 5) is 0. The van der Waals surface area contributed by atoms with Crippen LogP contribution in [0, 0.1) is 0 Å². The van der Waals surface area contributed by atoms with Crippen molar-refractivity contribution in [3.63, 3.8) is 0 Å². The van der Waals surface area contributed by atoms with Crippen molar-refractivity contribution in [3.05, 3.63) is 189 Å². The summed E-state index contributed by atoms with van der Waals surface area (Å²) in [7, 11) is -1.84. The highest BCUT2D eigenvalue weighted by molar-refractivity contribution is 7.79. The predicted molar refractivity (Wildman–Crippen MR) is 302 cm³/mol. The molecule has 0 atom stereocenters. The van der Waals surface area contributed by atoms with Gasteiger partial charge < -0.3 is 18.9 Å². The molecule has 4 nitrogen and oxygen atoms in total. The van der Waals surface area contributed by atoms with E-state index in [1.54, 1.807) is 0 Å². The molecular weight excluding hydrogens is 1330 g/mol. The zero-order valence-corrected chi connectivity index (χ0v) is 51.0. The molecule has 0 fully saturated rings. The van der Waals surface area contributed by atoms with E-state index in [2.05, 4.69) is 62.3 Å². The lowest BCUT2D eigenvalue weighted by Crippen LogP contribution is -2.75. The quantitative estimate of drug-likeness (QED) is 0.0905. The number of benzene rings is 7. The fraction of sp³-hybridized carbons (Fsp3) is 0.344. The van der Waals surface area contributed by atoms with Crippen LogP contribution in [0.5, 0.6) is 34.5 Å². The van der Waals surface area contributed by atoms with E-state index in [4.69, 9.17) is 18.9 Å². The van der Waals surface area contributed by atoms with Gasteiger partial charge in [-0.1, -0.05) is 66.7 Å². The van der Waals surface area contributed by atoms with Gasteiger partial charge in [-0.15, -0.1) is 0 Å². The van der Waals surface area contributed by atoms with Gasteiger partial charge in [-0.05, 0) is 123 Å². The first-order valence-electron chi connectivity index (χ1n) is 27.8. The van der Waals surface area contributed by atoms with Gasteiger partial charge in [0.2, 0.25) is 0 Å². The molecule has 0 amide bonds. The van der Waals surface area contributed by atoms with Crippen LogP contribution >= 0.6 is 7.26 Å². The standard InChI is InChI=1S/C32H12BF24.C32H38O4P/c34-25(35,36)13-1-14(26(37,38)39)6-21(5-13)33(22-7-15(27(40,41)42)2-16(8-22)28(43,44)45,23-9-17(29(46,47)48)3-18(10-23)30(49,50)51)24-11-19(31(52,53)54)4-20(12-24)32(55,56)57;1-29(2,3)37(30(4,5)6,31(7,8)9)19-33-32-26-20-13-10-14-21(26)35-23-16-12-18-25(28(23)32)36-24-17-11-15-22(34-20)27(24)32/h1-12H;10-18H,19H2,1-9H3/q-1;+1. The van der Waals surface area contributed by atoms with Gasteiger partial charge in [0.15, 0.2) is 11.9 Å². The molecule has 0 saturated carbocycles. The Hall–Kier alpha value is -7.29. The minimum absolute atomic E-state index is 0.0597. The van der Waals surface area contributed by atoms with Crippen molar-refractivity contribution in [2.45, 2.75) is 133 Å². The minimum atomic E-state index is -6.13. The summed E-state index contributed by atoms with van der Waals surface area (Å²) in [6, 6.07) is 9.27. The van der Waals surface area contributed by atoms with Crippen LogP contribution in [0.1, 0.15) is 124 Å². The van der Waals surface area contributed by atoms with Crippen LogP contribution in [0.15, 0.2) is 127 Å². The van der Waals surface area contributed by atoms with E-state index in [0.717, 1.165) is 51.2 Å². The summed E-state index contributed by atoms with van der Waals surface area (Å²) in [6.45, 7) is 21.6. The zero-order chi connectivity index (χ0) is 70.5. The van der Waals surface area contributed by atoms with E-state index < -0.39 is 208 Å². The molecular formula is C64H50BF24O4P. The average molecular weight is 1380 g/mol. The van der Waals surface area contributed by atoms with E-state index in [0.29, 0.717) is 6.35 Å². The van der Waals surface area contributed by atoms with Crippen LogP contribution < -0.4 is 36.1 Å². The maximum atomic E-state index is 14.2. The van der Waals surface area contributed by atoms with Gasteiger partial charge in [-0.25, -0.2) is 0 Å². The monoisotopic (exact) mass is 1380 g/mol. The van der Waals surface area contributed by atoms with E-state index in [-0.39, 0.29) is 15.5 Å². The smallest absolute Gasteiger partial charge is 0.416 e. The van der Waals surface area contributed by atoms with Crippen LogP contribution in [0.3, 0.4) is 0 Å². The van der Waals surface area contributed by atoms with Crippen LogP contribution in [0.4, 0.5) is 105 Å². The molecule has 94 heavy (non-hydrogen) atoms. The lowest BCUT2D eigenvalue weighted by molar-refractivity contribution is -0.144. The summed E-state index contributed by atoms with van der Waals surface area (Å²) < 4.78 is 368. The van der Waals surface area contributed by atoms with Gasteiger partial charge in [-0.3, -0.25) is 0 Å². The van der Waals surface area contributed by atoms with Crippen molar-refractivity contribution in [2.24, 2.45) is 0 Å². The molecule has 3 heterocycles. The largest absolute Gasteiger partial charge is 0.456 e. The van der Waals surface area contributed by atoms with E-state index in [1.165, 1.54) is 0 Å². The second-order valence-corrected chi connectivity index (χ2v) is 31.6. The Morgan fingerprint density at radius 1 is 0.298 bits per heavy atom. The summed E-state index contributed by atoms with van der Waals surface area (Å²) in [5, 5.41) is 0.179. The third kappa shape index (κ3) is 12.4. The van der Waals surface area contributed by atoms with Crippen LogP contribution in [-0.2, 0) is 59.7 Å². The second-order valence-electron chi connectivity index (χ2n) is 25.7. The predicted octanol–water partition coefficient (Wildman–Crippen LogP) is 20.9. The summed E-state index contributed by atoms with van der Waals surface area (Å²) in [5.74, 6) is 4.64. The molecule has 7 aromatic carbocycles. The number of alkyl halides is 24. The summed E-state index contributed by atoms with van der Waals surface area (Å²) in [6.07, 6.45) is -54.2. The van der Waals surface area contributed by atoms with Crippen molar-refractivity contribution in [1.82, 2.24) is 0 Å². The van der Waals surface area contributed by atoms with Gasteiger partial charge in [0.05, 0.1) is 83.9 Å². The molecule has 0 aliphatic carbocycles. The molecule has 0 radical (unpaired) electrons. The van der Waals surface area contributed by atoms with Gasteiger partial charge >= 0.3 is 49.4 Å². The Kier molecular flexibility index (Phi) is 16.9. The van der Waals surface area contributed by atoms with Crippen LogP contribution in [-0.4, -0.2) is 28.0 Å².